The second-order valence-corrected chi connectivity index (χ2v) is 5.93. The zero-order valence-electron chi connectivity index (χ0n) is 12.3. The van der Waals surface area contributed by atoms with Crippen LogP contribution in [0.15, 0.2) is 0 Å². The van der Waals surface area contributed by atoms with Gasteiger partial charge in [-0.2, -0.15) is 5.26 Å². The van der Waals surface area contributed by atoms with Gasteiger partial charge in [-0.1, -0.05) is 32.1 Å². The number of nitrogens with one attached hydrogen (secondary N) is 2. The number of ether oxygens (including phenoxy) is 1. The van der Waals surface area contributed by atoms with Crippen molar-refractivity contribution < 1.29 is 14.3 Å². The summed E-state index contributed by atoms with van der Waals surface area (Å²) in [5, 5.41) is 13.8. The van der Waals surface area contributed by atoms with Gasteiger partial charge in [0.15, 0.2) is 6.10 Å². The van der Waals surface area contributed by atoms with E-state index in [2.05, 4.69) is 10.6 Å². The van der Waals surface area contributed by atoms with Crippen molar-refractivity contribution in [1.82, 2.24) is 10.6 Å². The summed E-state index contributed by atoms with van der Waals surface area (Å²) in [6.45, 7) is -0.0619. The first-order chi connectivity index (χ1) is 10.2. The first-order valence-corrected chi connectivity index (χ1v) is 7.81. The molecule has 0 aromatic heterocycles. The Bertz CT molecular complexity index is 409. The Balaban J connectivity index is 1.86. The summed E-state index contributed by atoms with van der Waals surface area (Å²) >= 11 is 0. The van der Waals surface area contributed by atoms with Gasteiger partial charge in [-0.15, -0.1) is 0 Å². The third-order valence-corrected chi connectivity index (χ3v) is 4.05. The van der Waals surface area contributed by atoms with Crippen molar-refractivity contribution in [3.8, 4) is 6.07 Å². The van der Waals surface area contributed by atoms with Crippen LogP contribution < -0.4 is 10.6 Å². The molecule has 0 bridgehead atoms. The van der Waals surface area contributed by atoms with E-state index in [9.17, 15) is 9.59 Å². The molecule has 6 heteroatoms. The van der Waals surface area contributed by atoms with Crippen LogP contribution in [0.5, 0.6) is 0 Å². The SMILES string of the molecule is N#CCNC(=O)C(CC1CCCCC1)OC(=O)NC1CC1. The van der Waals surface area contributed by atoms with Gasteiger partial charge in [0.25, 0.3) is 5.91 Å². The van der Waals surface area contributed by atoms with Gasteiger partial charge in [-0.3, -0.25) is 4.79 Å². The van der Waals surface area contributed by atoms with E-state index in [1.54, 1.807) is 0 Å². The number of hydrogen-bond donors (Lipinski definition) is 2. The number of carbonyl (C=O) groups excluding carboxylic acids is 2. The van der Waals surface area contributed by atoms with Crippen molar-refractivity contribution in [2.75, 3.05) is 6.54 Å². The fourth-order valence-electron chi connectivity index (χ4n) is 2.73. The second-order valence-electron chi connectivity index (χ2n) is 5.93. The highest BCUT2D eigenvalue weighted by Crippen LogP contribution is 2.28. The van der Waals surface area contributed by atoms with Crippen LogP contribution in [0.2, 0.25) is 0 Å². The van der Waals surface area contributed by atoms with Gasteiger partial charge < -0.3 is 15.4 Å². The van der Waals surface area contributed by atoms with Crippen LogP contribution >= 0.6 is 0 Å². The van der Waals surface area contributed by atoms with Crippen LogP contribution in [0.3, 0.4) is 0 Å². The largest absolute Gasteiger partial charge is 0.436 e. The maximum Gasteiger partial charge on any atom is 0.408 e. The minimum atomic E-state index is -0.791. The lowest BCUT2D eigenvalue weighted by Crippen LogP contribution is -2.42. The first-order valence-electron chi connectivity index (χ1n) is 7.81. The lowest BCUT2D eigenvalue weighted by Gasteiger charge is -2.25. The summed E-state index contributed by atoms with van der Waals surface area (Å²) in [5.41, 5.74) is 0. The molecule has 0 aromatic rings. The molecule has 0 saturated heterocycles. The lowest BCUT2D eigenvalue weighted by atomic mass is 9.85. The molecule has 2 rings (SSSR count). The fraction of sp³-hybridized carbons (Fsp3) is 0.800. The number of hydrogen-bond acceptors (Lipinski definition) is 4. The minimum absolute atomic E-state index is 0.0619. The summed E-state index contributed by atoms with van der Waals surface area (Å²) in [5.74, 6) is 0.0541. The molecule has 2 aliphatic carbocycles. The molecule has 2 N–H and O–H groups in total. The Labute approximate surface area is 125 Å². The van der Waals surface area contributed by atoms with Crippen molar-refractivity contribution in [1.29, 1.82) is 5.26 Å². The Hall–Kier alpha value is -1.77. The Morgan fingerprint density at radius 1 is 1.19 bits per heavy atom. The summed E-state index contributed by atoms with van der Waals surface area (Å²) in [7, 11) is 0. The van der Waals surface area contributed by atoms with E-state index < -0.39 is 12.2 Å². The van der Waals surface area contributed by atoms with Gasteiger partial charge in [0.2, 0.25) is 0 Å². The minimum Gasteiger partial charge on any atom is -0.436 e. The molecule has 2 fully saturated rings. The average Bonchev–Trinajstić information content (AvgIpc) is 3.29. The predicted molar refractivity (Wildman–Crippen MR) is 76.2 cm³/mol. The van der Waals surface area contributed by atoms with Crippen LogP contribution in [0.1, 0.15) is 51.4 Å². The quantitative estimate of drug-likeness (QED) is 0.731. The topological polar surface area (TPSA) is 91.2 Å². The molecular weight excluding hydrogens is 270 g/mol. The van der Waals surface area contributed by atoms with Gasteiger partial charge in [0, 0.05) is 6.04 Å². The van der Waals surface area contributed by atoms with E-state index in [-0.39, 0.29) is 18.5 Å². The van der Waals surface area contributed by atoms with Crippen LogP contribution in [-0.2, 0) is 9.53 Å². The van der Waals surface area contributed by atoms with Crippen molar-refractivity contribution in [3.05, 3.63) is 0 Å². The molecule has 1 atom stereocenters. The molecule has 1 unspecified atom stereocenters. The fourth-order valence-corrected chi connectivity index (χ4v) is 2.73. The molecule has 116 valence electrons. The number of amides is 2. The van der Waals surface area contributed by atoms with Crippen LogP contribution in [-0.4, -0.2) is 30.7 Å². The van der Waals surface area contributed by atoms with Crippen molar-refractivity contribution >= 4 is 12.0 Å². The monoisotopic (exact) mass is 293 g/mol. The summed E-state index contributed by atoms with van der Waals surface area (Å²) < 4.78 is 5.29. The smallest absolute Gasteiger partial charge is 0.408 e. The number of alkyl carbamates (subject to hydrolysis) is 1. The molecule has 6 nitrogen and oxygen atoms in total. The maximum absolute atomic E-state index is 12.0. The van der Waals surface area contributed by atoms with E-state index in [4.69, 9.17) is 10.00 Å². The van der Waals surface area contributed by atoms with Gasteiger partial charge in [0.05, 0.1) is 6.07 Å². The predicted octanol–water partition coefficient (Wildman–Crippen LogP) is 1.85. The standard InChI is InChI=1S/C15H23N3O3/c16-8-9-17-14(19)13(10-11-4-2-1-3-5-11)21-15(20)18-12-6-7-12/h11-13H,1-7,9-10H2,(H,17,19)(H,18,20). The molecule has 2 amide bonds. The highest BCUT2D eigenvalue weighted by molar-refractivity contribution is 5.83. The van der Waals surface area contributed by atoms with Gasteiger partial charge in [-0.05, 0) is 25.2 Å². The first kappa shape index (κ1) is 15.6. The zero-order chi connectivity index (χ0) is 15.1. The van der Waals surface area contributed by atoms with Crippen LogP contribution in [0, 0.1) is 17.2 Å². The van der Waals surface area contributed by atoms with Gasteiger partial charge in [0.1, 0.15) is 6.54 Å². The number of carbonyl (C=O) groups is 2. The Kier molecular flexibility index (Phi) is 5.85. The van der Waals surface area contributed by atoms with E-state index in [0.717, 1.165) is 25.7 Å². The van der Waals surface area contributed by atoms with Crippen LogP contribution in [0.25, 0.3) is 0 Å². The highest BCUT2D eigenvalue weighted by Gasteiger charge is 2.30. The third-order valence-electron chi connectivity index (χ3n) is 4.05. The molecule has 2 aliphatic rings. The van der Waals surface area contributed by atoms with Crippen molar-refractivity contribution in [2.24, 2.45) is 5.92 Å². The molecule has 0 spiro atoms. The van der Waals surface area contributed by atoms with Crippen LogP contribution in [0.4, 0.5) is 4.79 Å². The highest BCUT2D eigenvalue weighted by atomic mass is 16.6. The zero-order valence-corrected chi connectivity index (χ0v) is 12.3. The number of nitriles is 1. The average molecular weight is 293 g/mol. The summed E-state index contributed by atoms with van der Waals surface area (Å²) in [4.78, 5) is 23.8. The third kappa shape index (κ3) is 5.62. The second kappa shape index (κ2) is 7.87. The van der Waals surface area contributed by atoms with Crippen molar-refractivity contribution in [2.45, 2.75) is 63.5 Å². The Morgan fingerprint density at radius 3 is 2.52 bits per heavy atom. The van der Waals surface area contributed by atoms with E-state index >= 15 is 0 Å². The molecule has 0 aliphatic heterocycles. The summed E-state index contributed by atoms with van der Waals surface area (Å²) in [6.07, 6.45) is 6.93. The van der Waals surface area contributed by atoms with Crippen molar-refractivity contribution in [3.63, 3.8) is 0 Å². The van der Waals surface area contributed by atoms with E-state index in [1.165, 1.54) is 19.3 Å². The van der Waals surface area contributed by atoms with E-state index in [1.807, 2.05) is 6.07 Å². The maximum atomic E-state index is 12.0. The normalized spacial score (nSPS) is 20.1. The molecule has 2 saturated carbocycles. The summed E-state index contributed by atoms with van der Waals surface area (Å²) in [6, 6.07) is 2.07. The lowest BCUT2D eigenvalue weighted by molar-refractivity contribution is -0.130. The molecule has 0 heterocycles. The van der Waals surface area contributed by atoms with Gasteiger partial charge >= 0.3 is 6.09 Å². The molecule has 0 radical (unpaired) electrons. The number of rotatable bonds is 6. The molecule has 0 aromatic carbocycles. The molecule has 21 heavy (non-hydrogen) atoms. The number of nitrogens with zero attached hydrogens (tertiary/aromatic N) is 1. The molecular formula is C15H23N3O3. The van der Waals surface area contributed by atoms with E-state index in [0.29, 0.717) is 12.3 Å². The Morgan fingerprint density at radius 2 is 1.90 bits per heavy atom. The van der Waals surface area contributed by atoms with Gasteiger partial charge in [-0.25, -0.2) is 4.79 Å².